The maximum atomic E-state index is 11.3. The van der Waals surface area contributed by atoms with Crippen molar-refractivity contribution >= 4 is 61.5 Å². The zero-order chi connectivity index (χ0) is 35.8. The topological polar surface area (TPSA) is 138 Å². The zero-order valence-corrected chi connectivity index (χ0v) is 33.9. The summed E-state index contributed by atoms with van der Waals surface area (Å²) in [7, 11) is 0. The Bertz CT molecular complexity index is 753. The predicted molar refractivity (Wildman–Crippen MR) is 201 cm³/mol. The fraction of sp³-hybridized carbons (Fsp3) is 0.800. The number of carbonyl (C=O) groups excluding carboxylic acids is 4. The molecule has 8 nitrogen and oxygen atoms in total. The Morgan fingerprint density at radius 1 is 0.408 bits per heavy atom. The summed E-state index contributed by atoms with van der Waals surface area (Å²) in [6, 6.07) is 0. The number of carboxylic acid groups (broad SMARTS) is 2. The van der Waals surface area contributed by atoms with Crippen molar-refractivity contribution in [3.63, 3.8) is 0 Å². The summed E-state index contributed by atoms with van der Waals surface area (Å²) in [4.78, 5) is 42.9. The van der Waals surface area contributed by atoms with Crippen molar-refractivity contribution in [1.82, 2.24) is 10.6 Å². The average molecular weight is 717 g/mol. The first-order chi connectivity index (χ1) is 23.3. The van der Waals surface area contributed by atoms with Gasteiger partial charge in [0.05, 0.1) is 25.0 Å². The molecule has 0 aliphatic carbocycles. The van der Waals surface area contributed by atoms with E-state index in [2.05, 4.69) is 48.8 Å². The zero-order valence-electron chi connectivity index (χ0n) is 31.7. The molecule has 0 unspecified atom stereocenters. The van der Waals surface area contributed by atoms with E-state index in [0.29, 0.717) is 12.8 Å². The van der Waals surface area contributed by atoms with E-state index >= 15 is 0 Å². The van der Waals surface area contributed by atoms with Crippen molar-refractivity contribution in [3.8, 4) is 0 Å². The Balaban J connectivity index is -0.000000846. The number of carboxylic acids is 2. The van der Waals surface area contributed by atoms with Crippen LogP contribution >= 0.6 is 0 Å². The molecule has 2 N–H and O–H groups in total. The van der Waals surface area contributed by atoms with Gasteiger partial charge in [-0.05, 0) is 64.2 Å². The fourth-order valence-electron chi connectivity index (χ4n) is 5.23. The molecule has 0 aliphatic rings. The van der Waals surface area contributed by atoms with Crippen LogP contribution in [-0.4, -0.2) is 74.6 Å². The van der Waals surface area contributed by atoms with E-state index < -0.39 is 11.9 Å². The van der Waals surface area contributed by atoms with Gasteiger partial charge in [0.15, 0.2) is 0 Å². The molecule has 0 aromatic rings. The Morgan fingerprint density at radius 2 is 0.653 bits per heavy atom. The first-order valence-electron chi connectivity index (χ1n) is 19.6. The molecular formula is C40H72CaN2O6. The summed E-state index contributed by atoms with van der Waals surface area (Å²) in [6.45, 7) is 3.73. The van der Waals surface area contributed by atoms with Crippen molar-refractivity contribution in [2.45, 2.75) is 194 Å². The van der Waals surface area contributed by atoms with Gasteiger partial charge in [0.2, 0.25) is 11.8 Å². The van der Waals surface area contributed by atoms with Crippen LogP contribution in [0.5, 0.6) is 0 Å². The van der Waals surface area contributed by atoms with Gasteiger partial charge in [-0.15, -0.1) is 0 Å². The van der Waals surface area contributed by atoms with Crippen LogP contribution in [0, 0.1) is 0 Å². The molecule has 0 aliphatic heterocycles. The molecule has 2 amide bonds. The van der Waals surface area contributed by atoms with Gasteiger partial charge in [-0.3, -0.25) is 9.59 Å². The number of amides is 2. The van der Waals surface area contributed by atoms with Crippen molar-refractivity contribution in [2.24, 2.45) is 0 Å². The second kappa shape index (κ2) is 44.6. The van der Waals surface area contributed by atoms with Crippen molar-refractivity contribution in [1.29, 1.82) is 0 Å². The Hall–Kier alpha value is -1.38. The van der Waals surface area contributed by atoms with E-state index in [-0.39, 0.29) is 62.6 Å². The van der Waals surface area contributed by atoms with Gasteiger partial charge in [0, 0.05) is 12.8 Å². The quantitative estimate of drug-likeness (QED) is 0.0404. The van der Waals surface area contributed by atoms with E-state index in [1.54, 1.807) is 0 Å². The molecular weight excluding hydrogens is 645 g/mol. The molecule has 0 saturated carbocycles. The summed E-state index contributed by atoms with van der Waals surface area (Å²) in [5.74, 6) is -2.88. The van der Waals surface area contributed by atoms with Gasteiger partial charge in [0.1, 0.15) is 0 Å². The molecule has 0 atom stereocenters. The van der Waals surface area contributed by atoms with E-state index in [9.17, 15) is 29.4 Å². The van der Waals surface area contributed by atoms with Crippen LogP contribution in [0.1, 0.15) is 194 Å². The molecule has 0 rings (SSSR count). The van der Waals surface area contributed by atoms with Crippen LogP contribution in [0.15, 0.2) is 24.3 Å². The number of hydrogen-bond donors (Lipinski definition) is 2. The minimum absolute atomic E-state index is 0. The third-order valence-corrected chi connectivity index (χ3v) is 8.19. The van der Waals surface area contributed by atoms with Gasteiger partial charge < -0.3 is 30.4 Å². The largest absolute Gasteiger partial charge is 2.00 e. The van der Waals surface area contributed by atoms with Crippen LogP contribution in [0.4, 0.5) is 0 Å². The maximum Gasteiger partial charge on any atom is 2.00 e. The van der Waals surface area contributed by atoms with Crippen molar-refractivity contribution in [3.05, 3.63) is 24.3 Å². The summed E-state index contributed by atoms with van der Waals surface area (Å²) in [5, 5.41) is 25.0. The molecule has 9 heteroatoms. The van der Waals surface area contributed by atoms with Crippen LogP contribution in [0.25, 0.3) is 0 Å². The van der Waals surface area contributed by atoms with Gasteiger partial charge in [-0.2, -0.15) is 0 Å². The molecule has 0 spiro atoms. The molecule has 0 aromatic heterocycles. The average Bonchev–Trinajstić information content (AvgIpc) is 3.06. The Labute approximate surface area is 330 Å². The number of allylic oxidation sites excluding steroid dienone is 4. The SMILES string of the molecule is CCCCCCCC/C=C\CCCCCCCC(=O)NCC(=O)[O-].CCCCCCCC/C=C\CCCCCCCC(=O)NCC(=O)[O-].[Ca+2]. The molecule has 0 heterocycles. The normalized spacial score (nSPS) is 10.8. The van der Waals surface area contributed by atoms with E-state index in [4.69, 9.17) is 0 Å². The summed E-state index contributed by atoms with van der Waals surface area (Å²) >= 11 is 0. The van der Waals surface area contributed by atoms with Gasteiger partial charge in [-0.1, -0.05) is 141 Å². The molecule has 0 bridgehead atoms. The summed E-state index contributed by atoms with van der Waals surface area (Å²) < 4.78 is 0. The monoisotopic (exact) mass is 717 g/mol. The second-order valence-electron chi connectivity index (χ2n) is 13.0. The molecule has 0 fully saturated rings. The molecule has 0 aromatic carbocycles. The van der Waals surface area contributed by atoms with Crippen LogP contribution < -0.4 is 20.8 Å². The molecule has 280 valence electrons. The Kier molecular flexibility index (Phi) is 47.4. The standard InChI is InChI=1S/2C20H37NO3.Ca/c2*1-2-3-4-5-6-7-8-9-10-11-12-13-14-15-16-17-19(22)21-18-20(23)24;/h2*9-10H,2-8,11-18H2,1H3,(H,21,22)(H,23,24);/q;;+2/p-2/b2*10-9-;. The second-order valence-corrected chi connectivity index (χ2v) is 13.0. The third kappa shape index (κ3) is 51.1. The summed E-state index contributed by atoms with van der Waals surface area (Å²) in [6.07, 6.45) is 41.9. The minimum Gasteiger partial charge on any atom is -0.548 e. The number of carbonyl (C=O) groups is 4. The van der Waals surface area contributed by atoms with E-state index in [1.807, 2.05) is 0 Å². The number of nitrogens with one attached hydrogen (secondary N) is 2. The number of rotatable bonds is 34. The van der Waals surface area contributed by atoms with Gasteiger partial charge in [0.25, 0.3) is 0 Å². The molecule has 0 saturated heterocycles. The first kappa shape index (κ1) is 52.0. The van der Waals surface area contributed by atoms with Crippen LogP contribution in [-0.2, 0) is 19.2 Å². The number of aliphatic carboxylic acids is 2. The number of hydrogen-bond acceptors (Lipinski definition) is 6. The van der Waals surface area contributed by atoms with E-state index in [0.717, 1.165) is 51.4 Å². The van der Waals surface area contributed by atoms with E-state index in [1.165, 1.54) is 116 Å². The summed E-state index contributed by atoms with van der Waals surface area (Å²) in [5.41, 5.74) is 0. The smallest absolute Gasteiger partial charge is 0.548 e. The first-order valence-corrected chi connectivity index (χ1v) is 19.6. The van der Waals surface area contributed by atoms with Crippen LogP contribution in [0.2, 0.25) is 0 Å². The fourth-order valence-corrected chi connectivity index (χ4v) is 5.23. The maximum absolute atomic E-state index is 11.3. The minimum atomic E-state index is -1.24. The molecule has 0 radical (unpaired) electrons. The van der Waals surface area contributed by atoms with Crippen molar-refractivity contribution < 1.29 is 29.4 Å². The predicted octanol–water partition coefficient (Wildman–Crippen LogP) is 7.40. The molecule has 49 heavy (non-hydrogen) atoms. The third-order valence-electron chi connectivity index (χ3n) is 8.19. The van der Waals surface area contributed by atoms with Crippen LogP contribution in [0.3, 0.4) is 0 Å². The van der Waals surface area contributed by atoms with Gasteiger partial charge in [-0.25, -0.2) is 0 Å². The Morgan fingerprint density at radius 3 is 0.918 bits per heavy atom. The van der Waals surface area contributed by atoms with Crippen molar-refractivity contribution in [2.75, 3.05) is 13.1 Å². The van der Waals surface area contributed by atoms with Gasteiger partial charge >= 0.3 is 37.7 Å². The number of unbranched alkanes of at least 4 members (excludes halogenated alkanes) is 22.